The first-order valence-electron chi connectivity index (χ1n) is 7.52. The standard InChI is InChI=1S/C19H15NO3/c1-9-5-4-6-10-12-16(20-15(9)10)18(23)13-11(21)7-8-19(2,3)14(13)17(12)22/h4-8,20H,1-3H3. The highest BCUT2D eigenvalue weighted by Gasteiger charge is 2.44. The zero-order valence-electron chi connectivity index (χ0n) is 13.1. The zero-order valence-corrected chi connectivity index (χ0v) is 13.1. The molecule has 0 unspecified atom stereocenters. The number of H-pyrrole nitrogens is 1. The van der Waals surface area contributed by atoms with E-state index in [2.05, 4.69) is 4.98 Å². The Hall–Kier alpha value is -2.75. The Bertz CT molecular complexity index is 999. The molecule has 2 aromatic rings. The number of rotatable bonds is 0. The van der Waals surface area contributed by atoms with Gasteiger partial charge in [-0.05, 0) is 18.6 Å². The maximum atomic E-state index is 13.1. The topological polar surface area (TPSA) is 67.0 Å². The van der Waals surface area contributed by atoms with Crippen molar-refractivity contribution in [3.63, 3.8) is 0 Å². The summed E-state index contributed by atoms with van der Waals surface area (Å²) in [6.45, 7) is 5.62. The summed E-state index contributed by atoms with van der Waals surface area (Å²) in [6, 6.07) is 5.62. The van der Waals surface area contributed by atoms with Crippen molar-refractivity contribution in [3.05, 3.63) is 58.3 Å². The highest BCUT2D eigenvalue weighted by Crippen LogP contribution is 2.43. The van der Waals surface area contributed by atoms with Crippen LogP contribution >= 0.6 is 0 Å². The van der Waals surface area contributed by atoms with Crippen molar-refractivity contribution in [2.45, 2.75) is 20.8 Å². The number of fused-ring (bicyclic) bond motifs is 3. The van der Waals surface area contributed by atoms with Gasteiger partial charge in [0.15, 0.2) is 11.6 Å². The summed E-state index contributed by atoms with van der Waals surface area (Å²) in [4.78, 5) is 41.3. The van der Waals surface area contributed by atoms with Crippen LogP contribution in [0, 0.1) is 12.3 Å². The fraction of sp³-hybridized carbons (Fsp3) is 0.211. The molecule has 0 aliphatic heterocycles. The van der Waals surface area contributed by atoms with Crippen LogP contribution in [0.25, 0.3) is 10.9 Å². The van der Waals surface area contributed by atoms with E-state index in [1.807, 2.05) is 39.0 Å². The van der Waals surface area contributed by atoms with E-state index in [9.17, 15) is 14.4 Å². The summed E-state index contributed by atoms with van der Waals surface area (Å²) in [5, 5.41) is 0.739. The molecule has 1 heterocycles. The van der Waals surface area contributed by atoms with E-state index in [4.69, 9.17) is 0 Å². The lowest BCUT2D eigenvalue weighted by atomic mass is 9.69. The molecule has 0 atom stereocenters. The first-order chi connectivity index (χ1) is 10.8. The summed E-state index contributed by atoms with van der Waals surface area (Å²) >= 11 is 0. The monoisotopic (exact) mass is 305 g/mol. The van der Waals surface area contributed by atoms with Crippen LogP contribution in [0.5, 0.6) is 0 Å². The Morgan fingerprint density at radius 3 is 2.52 bits per heavy atom. The molecule has 0 amide bonds. The van der Waals surface area contributed by atoms with E-state index in [1.165, 1.54) is 6.08 Å². The molecule has 0 saturated heterocycles. The fourth-order valence-corrected chi connectivity index (χ4v) is 3.55. The van der Waals surface area contributed by atoms with Crippen molar-refractivity contribution in [3.8, 4) is 0 Å². The molecule has 0 radical (unpaired) electrons. The van der Waals surface area contributed by atoms with E-state index in [0.29, 0.717) is 11.1 Å². The van der Waals surface area contributed by atoms with Crippen LogP contribution in [0.4, 0.5) is 0 Å². The number of para-hydroxylation sites is 1. The first kappa shape index (κ1) is 13.9. The van der Waals surface area contributed by atoms with Crippen molar-refractivity contribution in [2.24, 2.45) is 5.41 Å². The zero-order chi connectivity index (χ0) is 16.5. The van der Waals surface area contributed by atoms with E-state index >= 15 is 0 Å². The van der Waals surface area contributed by atoms with Crippen molar-refractivity contribution in [1.82, 2.24) is 4.98 Å². The molecular weight excluding hydrogens is 290 g/mol. The predicted molar refractivity (Wildman–Crippen MR) is 86.7 cm³/mol. The molecule has 0 spiro atoms. The van der Waals surface area contributed by atoms with E-state index < -0.39 is 11.2 Å². The summed E-state index contributed by atoms with van der Waals surface area (Å²) < 4.78 is 0. The Labute approximate surface area is 132 Å². The van der Waals surface area contributed by atoms with Gasteiger partial charge in [0.25, 0.3) is 0 Å². The van der Waals surface area contributed by atoms with E-state index in [1.54, 1.807) is 6.08 Å². The number of ketones is 3. The molecule has 0 bridgehead atoms. The van der Waals surface area contributed by atoms with Crippen LogP contribution in [-0.4, -0.2) is 22.3 Å². The van der Waals surface area contributed by atoms with Gasteiger partial charge in [-0.25, -0.2) is 0 Å². The number of aromatic nitrogens is 1. The smallest absolute Gasteiger partial charge is 0.214 e. The Kier molecular flexibility index (Phi) is 2.51. The van der Waals surface area contributed by atoms with E-state index in [-0.39, 0.29) is 22.8 Å². The minimum atomic E-state index is -0.638. The number of nitrogens with one attached hydrogen (secondary N) is 1. The SMILES string of the molecule is Cc1cccc2c3c([nH]c12)C(=O)C1=C(C3=O)C(C)(C)C=CC1=O. The molecule has 1 N–H and O–H groups in total. The lowest BCUT2D eigenvalue weighted by Crippen LogP contribution is -2.34. The van der Waals surface area contributed by atoms with Gasteiger partial charge in [-0.15, -0.1) is 0 Å². The number of hydrogen-bond acceptors (Lipinski definition) is 3. The van der Waals surface area contributed by atoms with Crippen LogP contribution in [0.2, 0.25) is 0 Å². The molecule has 23 heavy (non-hydrogen) atoms. The van der Waals surface area contributed by atoms with Gasteiger partial charge in [-0.1, -0.05) is 38.1 Å². The first-order valence-corrected chi connectivity index (χ1v) is 7.52. The van der Waals surface area contributed by atoms with Gasteiger partial charge in [0.1, 0.15) is 0 Å². The second-order valence-corrected chi connectivity index (χ2v) is 6.70. The minimum absolute atomic E-state index is 0.0132. The van der Waals surface area contributed by atoms with Crippen molar-refractivity contribution in [1.29, 1.82) is 0 Å². The quantitative estimate of drug-likeness (QED) is 0.759. The van der Waals surface area contributed by atoms with E-state index in [0.717, 1.165) is 16.5 Å². The molecule has 4 rings (SSSR count). The maximum absolute atomic E-state index is 13.1. The summed E-state index contributed by atoms with van der Waals surface area (Å²) in [6.07, 6.45) is 3.09. The molecule has 4 heteroatoms. The lowest BCUT2D eigenvalue weighted by molar-refractivity contribution is -0.111. The third kappa shape index (κ3) is 1.63. The van der Waals surface area contributed by atoms with Gasteiger partial charge in [0, 0.05) is 21.9 Å². The average Bonchev–Trinajstić information content (AvgIpc) is 2.89. The number of allylic oxidation sites excluding steroid dienone is 4. The summed E-state index contributed by atoms with van der Waals surface area (Å²) in [7, 11) is 0. The summed E-state index contributed by atoms with van der Waals surface area (Å²) in [5.41, 5.74) is 2.04. The van der Waals surface area contributed by atoms with Gasteiger partial charge in [-0.2, -0.15) is 0 Å². The maximum Gasteiger partial charge on any atom is 0.214 e. The van der Waals surface area contributed by atoms with Gasteiger partial charge >= 0.3 is 0 Å². The third-order valence-electron chi connectivity index (χ3n) is 4.74. The third-order valence-corrected chi connectivity index (χ3v) is 4.74. The molecule has 2 aliphatic carbocycles. The molecule has 1 aromatic carbocycles. The second kappa shape index (κ2) is 4.16. The fourth-order valence-electron chi connectivity index (χ4n) is 3.55. The number of benzene rings is 1. The van der Waals surface area contributed by atoms with Gasteiger partial charge in [0.2, 0.25) is 5.78 Å². The Morgan fingerprint density at radius 1 is 1.04 bits per heavy atom. The number of hydrogen-bond donors (Lipinski definition) is 1. The lowest BCUT2D eigenvalue weighted by Gasteiger charge is -2.31. The van der Waals surface area contributed by atoms with Crippen LogP contribution in [0.3, 0.4) is 0 Å². The summed E-state index contributed by atoms with van der Waals surface area (Å²) in [5.74, 6) is -1.000. The second-order valence-electron chi connectivity index (χ2n) is 6.70. The van der Waals surface area contributed by atoms with Crippen molar-refractivity contribution in [2.75, 3.05) is 0 Å². The van der Waals surface area contributed by atoms with Gasteiger partial charge in [-0.3, -0.25) is 14.4 Å². The Morgan fingerprint density at radius 2 is 1.78 bits per heavy atom. The molecule has 0 fully saturated rings. The normalized spacial score (nSPS) is 19.3. The van der Waals surface area contributed by atoms with Crippen LogP contribution in [0.15, 0.2) is 41.5 Å². The van der Waals surface area contributed by atoms with Crippen molar-refractivity contribution >= 4 is 28.3 Å². The highest BCUT2D eigenvalue weighted by atomic mass is 16.2. The van der Waals surface area contributed by atoms with Gasteiger partial charge in [0.05, 0.1) is 16.8 Å². The number of carbonyl (C=O) groups is 3. The van der Waals surface area contributed by atoms with Crippen LogP contribution in [-0.2, 0) is 4.79 Å². The molecule has 1 aromatic heterocycles. The van der Waals surface area contributed by atoms with Crippen molar-refractivity contribution < 1.29 is 14.4 Å². The predicted octanol–water partition coefficient (Wildman–Crippen LogP) is 3.32. The molecule has 0 saturated carbocycles. The van der Waals surface area contributed by atoms with Crippen LogP contribution in [0.1, 0.15) is 40.3 Å². The largest absolute Gasteiger partial charge is 0.351 e. The molecule has 2 aliphatic rings. The van der Waals surface area contributed by atoms with Gasteiger partial charge < -0.3 is 4.98 Å². The molecule has 4 nitrogen and oxygen atoms in total. The molecule has 114 valence electrons. The number of Topliss-reactive ketones (excluding diaryl/α,β-unsaturated/α-hetero) is 2. The number of carbonyl (C=O) groups excluding carboxylic acids is 3. The average molecular weight is 305 g/mol. The number of aromatic amines is 1. The minimum Gasteiger partial charge on any atom is -0.351 e. The van der Waals surface area contributed by atoms with Crippen LogP contribution < -0.4 is 0 Å². The molecular formula is C19H15NO3. The highest BCUT2D eigenvalue weighted by molar-refractivity contribution is 6.41. The number of aryl methyl sites for hydroxylation is 1. The Balaban J connectivity index is 2.10.